The second kappa shape index (κ2) is 11.5. The quantitative estimate of drug-likeness (QED) is 0.357. The van der Waals surface area contributed by atoms with Gasteiger partial charge in [0.2, 0.25) is 17.7 Å². The van der Waals surface area contributed by atoms with E-state index in [-0.39, 0.29) is 30.4 Å². The van der Waals surface area contributed by atoms with Crippen LogP contribution in [0.4, 0.5) is 0 Å². The van der Waals surface area contributed by atoms with Crippen molar-refractivity contribution in [2.75, 3.05) is 26.2 Å². The van der Waals surface area contributed by atoms with Gasteiger partial charge in [-0.1, -0.05) is 74.9 Å². The van der Waals surface area contributed by atoms with Gasteiger partial charge in [0.05, 0.1) is 17.4 Å². The Kier molecular flexibility index (Phi) is 8.20. The van der Waals surface area contributed by atoms with Crippen LogP contribution in [0.3, 0.4) is 0 Å². The molecule has 4 aliphatic rings. The molecule has 1 aromatic carbocycles. The summed E-state index contributed by atoms with van der Waals surface area (Å²) in [6.45, 7) is 7.82. The van der Waals surface area contributed by atoms with E-state index in [0.29, 0.717) is 45.4 Å². The number of aliphatic hydroxyl groups is 1. The molecule has 1 N–H and O–H groups in total. The zero-order chi connectivity index (χ0) is 28.5. The van der Waals surface area contributed by atoms with Gasteiger partial charge in [-0.05, 0) is 38.2 Å². The number of carbonyl (C=O) groups excluding carboxylic acids is 3. The van der Waals surface area contributed by atoms with Crippen LogP contribution in [-0.4, -0.2) is 87.1 Å². The van der Waals surface area contributed by atoms with Gasteiger partial charge in [-0.25, -0.2) is 0 Å². The second-order valence-corrected chi connectivity index (χ2v) is 11.7. The maximum atomic E-state index is 14.4. The number of rotatable bonds is 10. The summed E-state index contributed by atoms with van der Waals surface area (Å²) in [6.07, 6.45) is 11.3. The first-order valence-corrected chi connectivity index (χ1v) is 14.9. The van der Waals surface area contributed by atoms with E-state index in [0.717, 1.165) is 18.4 Å². The molecule has 4 heterocycles. The molecular formula is C32H43N3O5. The molecule has 0 bridgehead atoms. The summed E-state index contributed by atoms with van der Waals surface area (Å²) < 4.78 is 7.03. The van der Waals surface area contributed by atoms with E-state index in [1.165, 1.54) is 0 Å². The van der Waals surface area contributed by atoms with Crippen molar-refractivity contribution in [3.63, 3.8) is 0 Å². The SMILES string of the molecule is CCCC(C)N1CC=C[C@]23O[C@@]4(CC)C=CCN(Cc5ccccc5)C(=O)[C@H]4[C@H]2C(=O)N(CCCCO)C3C1=O. The van der Waals surface area contributed by atoms with Crippen LogP contribution in [0.25, 0.3) is 0 Å². The molecule has 5 rings (SSSR count). The summed E-state index contributed by atoms with van der Waals surface area (Å²) >= 11 is 0. The maximum Gasteiger partial charge on any atom is 0.249 e. The van der Waals surface area contributed by atoms with Gasteiger partial charge in [0, 0.05) is 38.8 Å². The number of carbonyl (C=O) groups is 3. The van der Waals surface area contributed by atoms with Crippen LogP contribution in [-0.2, 0) is 25.7 Å². The zero-order valence-electron chi connectivity index (χ0n) is 24.0. The first-order chi connectivity index (χ1) is 19.3. The Balaban J connectivity index is 1.58. The molecule has 4 aliphatic heterocycles. The van der Waals surface area contributed by atoms with Crippen LogP contribution in [0, 0.1) is 11.8 Å². The fourth-order valence-corrected chi connectivity index (χ4v) is 7.38. The summed E-state index contributed by atoms with van der Waals surface area (Å²) in [5, 5.41) is 9.43. The van der Waals surface area contributed by atoms with Crippen molar-refractivity contribution < 1.29 is 24.2 Å². The minimum Gasteiger partial charge on any atom is -0.396 e. The molecule has 40 heavy (non-hydrogen) atoms. The first kappa shape index (κ1) is 28.6. The summed E-state index contributed by atoms with van der Waals surface area (Å²) in [5.74, 6) is -1.97. The highest BCUT2D eigenvalue weighted by molar-refractivity contribution is 6.00. The molecule has 3 amide bonds. The van der Waals surface area contributed by atoms with Gasteiger partial charge in [0.15, 0.2) is 0 Å². The highest BCUT2D eigenvalue weighted by atomic mass is 16.5. The monoisotopic (exact) mass is 549 g/mol. The van der Waals surface area contributed by atoms with E-state index in [1.807, 2.05) is 71.4 Å². The molecular weight excluding hydrogens is 506 g/mol. The molecule has 1 aromatic rings. The average Bonchev–Trinajstić information content (AvgIpc) is 3.24. The fraction of sp³-hybridized carbons (Fsp3) is 0.594. The van der Waals surface area contributed by atoms with Gasteiger partial charge in [0.25, 0.3) is 0 Å². The molecule has 2 unspecified atom stereocenters. The Morgan fingerprint density at radius 2 is 1.73 bits per heavy atom. The van der Waals surface area contributed by atoms with Crippen molar-refractivity contribution in [3.8, 4) is 0 Å². The van der Waals surface area contributed by atoms with E-state index in [4.69, 9.17) is 4.74 Å². The highest BCUT2D eigenvalue weighted by Crippen LogP contribution is 2.58. The van der Waals surface area contributed by atoms with Crippen LogP contribution < -0.4 is 0 Å². The number of hydrogen-bond donors (Lipinski definition) is 1. The second-order valence-electron chi connectivity index (χ2n) is 11.7. The summed E-state index contributed by atoms with van der Waals surface area (Å²) in [5.41, 5.74) is -1.19. The van der Waals surface area contributed by atoms with Gasteiger partial charge in [-0.2, -0.15) is 0 Å². The molecule has 0 saturated carbocycles. The lowest BCUT2D eigenvalue weighted by molar-refractivity contribution is -0.155. The van der Waals surface area contributed by atoms with Gasteiger partial charge >= 0.3 is 0 Å². The van der Waals surface area contributed by atoms with Crippen molar-refractivity contribution in [2.45, 2.75) is 82.7 Å². The third-order valence-electron chi connectivity index (χ3n) is 9.32. The number of benzene rings is 1. The van der Waals surface area contributed by atoms with Crippen molar-refractivity contribution in [1.82, 2.24) is 14.7 Å². The Morgan fingerprint density at radius 3 is 2.42 bits per heavy atom. The molecule has 216 valence electrons. The minimum atomic E-state index is -1.23. The van der Waals surface area contributed by atoms with Gasteiger partial charge < -0.3 is 24.5 Å². The van der Waals surface area contributed by atoms with Crippen molar-refractivity contribution in [1.29, 1.82) is 0 Å². The Morgan fingerprint density at radius 1 is 0.975 bits per heavy atom. The number of hydrogen-bond acceptors (Lipinski definition) is 5. The fourth-order valence-electron chi connectivity index (χ4n) is 7.38. The molecule has 1 spiro atoms. The van der Waals surface area contributed by atoms with E-state index in [1.54, 1.807) is 4.90 Å². The molecule has 0 radical (unpaired) electrons. The van der Waals surface area contributed by atoms with Crippen molar-refractivity contribution >= 4 is 17.7 Å². The smallest absolute Gasteiger partial charge is 0.249 e. The predicted molar refractivity (Wildman–Crippen MR) is 152 cm³/mol. The largest absolute Gasteiger partial charge is 0.396 e. The molecule has 0 aromatic heterocycles. The summed E-state index contributed by atoms with van der Waals surface area (Å²) in [4.78, 5) is 48.6. The molecule has 6 atom stereocenters. The van der Waals surface area contributed by atoms with E-state index in [9.17, 15) is 19.5 Å². The van der Waals surface area contributed by atoms with Crippen LogP contribution in [0.5, 0.6) is 0 Å². The molecule has 2 saturated heterocycles. The van der Waals surface area contributed by atoms with Gasteiger partial charge in [-0.3, -0.25) is 14.4 Å². The Labute approximate surface area is 237 Å². The number of unbranched alkanes of at least 4 members (excludes halogenated alkanes) is 1. The van der Waals surface area contributed by atoms with Gasteiger partial charge in [0.1, 0.15) is 11.6 Å². The van der Waals surface area contributed by atoms with Crippen LogP contribution >= 0.6 is 0 Å². The lowest BCUT2D eigenvalue weighted by Crippen LogP contribution is -2.57. The lowest BCUT2D eigenvalue weighted by Gasteiger charge is -2.39. The molecule has 8 heteroatoms. The van der Waals surface area contributed by atoms with Gasteiger partial charge in [-0.15, -0.1) is 0 Å². The normalized spacial score (nSPS) is 32.1. The lowest BCUT2D eigenvalue weighted by atomic mass is 9.73. The third-order valence-corrected chi connectivity index (χ3v) is 9.32. The number of amides is 3. The van der Waals surface area contributed by atoms with Crippen LogP contribution in [0.15, 0.2) is 54.6 Å². The third kappa shape index (κ3) is 4.59. The van der Waals surface area contributed by atoms with Crippen molar-refractivity contribution in [3.05, 3.63) is 60.2 Å². The number of aliphatic hydroxyl groups excluding tert-OH is 1. The summed E-state index contributed by atoms with van der Waals surface area (Å²) in [6, 6.07) is 9.04. The first-order valence-electron chi connectivity index (χ1n) is 14.9. The summed E-state index contributed by atoms with van der Waals surface area (Å²) in [7, 11) is 0. The zero-order valence-corrected chi connectivity index (χ0v) is 24.0. The molecule has 0 aliphatic carbocycles. The highest BCUT2D eigenvalue weighted by Gasteiger charge is 2.75. The number of fused-ring (bicyclic) bond motifs is 2. The molecule has 2 fully saturated rings. The average molecular weight is 550 g/mol. The predicted octanol–water partition coefficient (Wildman–Crippen LogP) is 3.31. The standard InChI is InChI=1S/C32H43N3O5/c1-4-13-23(3)34-20-12-17-32-26(29(38)35(19-9-10-21-36)27(32)30(34)39)25-28(37)33(22-24-14-7-6-8-15-24)18-11-16-31(25,5-2)40-32/h6-8,11-12,14-17,23,25-27,36H,4-5,9-10,13,18-22H2,1-3H3/t23?,25-,26+,27?,31+,32+/m1/s1. The Bertz CT molecular complexity index is 1170. The maximum absolute atomic E-state index is 14.4. The number of likely N-dealkylation sites (tertiary alicyclic amines) is 1. The number of nitrogens with zero attached hydrogens (tertiary/aromatic N) is 3. The topological polar surface area (TPSA) is 90.4 Å². The van der Waals surface area contributed by atoms with Crippen LogP contribution in [0.1, 0.15) is 58.4 Å². The molecule has 8 nitrogen and oxygen atoms in total. The van der Waals surface area contributed by atoms with E-state index >= 15 is 0 Å². The van der Waals surface area contributed by atoms with E-state index < -0.39 is 29.1 Å². The Hall–Kier alpha value is -2.97. The number of ether oxygens (including phenoxy) is 1. The minimum absolute atomic E-state index is 0.0145. The van der Waals surface area contributed by atoms with Crippen molar-refractivity contribution in [2.24, 2.45) is 11.8 Å². The van der Waals surface area contributed by atoms with Crippen LogP contribution in [0.2, 0.25) is 0 Å². The van der Waals surface area contributed by atoms with E-state index in [2.05, 4.69) is 13.8 Å².